The molecule has 0 saturated heterocycles. The van der Waals surface area contributed by atoms with Gasteiger partial charge in [-0.15, -0.1) is 0 Å². The Morgan fingerprint density at radius 3 is 1.14 bits per heavy atom. The van der Waals surface area contributed by atoms with Crippen molar-refractivity contribution < 1.29 is 38.9 Å². The molecule has 0 aliphatic carbocycles. The Morgan fingerprint density at radius 2 is 0.857 bits per heavy atom. The molecule has 0 amide bonds. The van der Waals surface area contributed by atoms with Crippen molar-refractivity contribution in [2.75, 3.05) is 27.2 Å². The minimum Gasteiger partial charge on any atom is -0.452 e. The van der Waals surface area contributed by atoms with Crippen LogP contribution in [0.3, 0.4) is 0 Å². The molecule has 248 valence electrons. The van der Waals surface area contributed by atoms with E-state index in [9.17, 15) is 29.4 Å². The summed E-state index contributed by atoms with van der Waals surface area (Å²) in [5.74, 6) is -1.71. The third-order valence-electron chi connectivity index (χ3n) is 6.94. The van der Waals surface area contributed by atoms with E-state index >= 15 is 0 Å². The van der Waals surface area contributed by atoms with E-state index in [1.165, 1.54) is 52.4 Å². The van der Waals surface area contributed by atoms with E-state index in [0.717, 1.165) is 38.5 Å². The Labute approximate surface area is 255 Å². The van der Waals surface area contributed by atoms with Gasteiger partial charge in [0.25, 0.3) is 0 Å². The van der Waals surface area contributed by atoms with Gasteiger partial charge >= 0.3 is 11.9 Å². The lowest BCUT2D eigenvalue weighted by Crippen LogP contribution is -2.33. The lowest BCUT2D eigenvalue weighted by molar-refractivity contribution is -0.163. The zero-order valence-corrected chi connectivity index (χ0v) is 27.4. The number of esters is 2. The molecule has 42 heavy (non-hydrogen) atoms. The van der Waals surface area contributed by atoms with E-state index in [1.807, 2.05) is 0 Å². The highest BCUT2D eigenvalue weighted by Gasteiger charge is 2.24. The van der Waals surface area contributed by atoms with Crippen molar-refractivity contribution in [2.45, 2.75) is 155 Å². The van der Waals surface area contributed by atoms with Gasteiger partial charge in [0.15, 0.2) is 36.0 Å². The number of carbonyl (C=O) groups excluding carboxylic acids is 4. The number of carbonyl (C=O) groups is 4. The van der Waals surface area contributed by atoms with Gasteiger partial charge in [0.1, 0.15) is 0 Å². The number of rotatable bonds is 26. The van der Waals surface area contributed by atoms with Crippen LogP contribution >= 0.6 is 0 Å². The quantitative estimate of drug-likeness (QED) is 0.0827. The molecule has 0 aliphatic heterocycles. The lowest BCUT2D eigenvalue weighted by atomic mass is 10.1. The minimum absolute atomic E-state index is 0.155. The lowest BCUT2D eigenvalue weighted by Gasteiger charge is -2.17. The Kier molecular flexibility index (Phi) is 29.4. The Bertz CT molecular complexity index is 646. The van der Waals surface area contributed by atoms with E-state index in [0.29, 0.717) is 25.9 Å². The second-order valence-electron chi connectivity index (χ2n) is 11.0. The monoisotopic (exact) mass is 602 g/mol. The number of nitrogens with one attached hydrogen (secondary N) is 2. The van der Waals surface area contributed by atoms with E-state index in [1.54, 1.807) is 14.1 Å². The molecule has 10 heteroatoms. The van der Waals surface area contributed by atoms with Crippen molar-refractivity contribution in [3.8, 4) is 0 Å². The van der Waals surface area contributed by atoms with Crippen LogP contribution in [0.4, 0.5) is 0 Å². The highest BCUT2D eigenvalue weighted by atomic mass is 16.6. The summed E-state index contributed by atoms with van der Waals surface area (Å²) in [6.07, 6.45) is 11.4. The standard InChI is InChI=1S/2C16H31NO4/c2*1-4-5-6-7-8-9-10-15(13(2)18)21-16(20)14(19)11-12-17-3/h2*14-15,17,19H,4-12H2,1-3H3/t2*14-,15-/m00/s1. The molecule has 0 heterocycles. The van der Waals surface area contributed by atoms with Crippen LogP contribution in [-0.2, 0) is 28.7 Å². The summed E-state index contributed by atoms with van der Waals surface area (Å²) in [5.41, 5.74) is 0. The first-order valence-corrected chi connectivity index (χ1v) is 16.1. The van der Waals surface area contributed by atoms with Gasteiger partial charge in [-0.25, -0.2) is 9.59 Å². The number of aliphatic hydroxyl groups excluding tert-OH is 2. The normalized spacial score (nSPS) is 13.7. The number of aliphatic hydroxyl groups is 2. The number of hydrogen-bond donors (Lipinski definition) is 4. The molecule has 4 atom stereocenters. The van der Waals surface area contributed by atoms with E-state index in [2.05, 4.69) is 24.5 Å². The van der Waals surface area contributed by atoms with Gasteiger partial charge in [-0.3, -0.25) is 9.59 Å². The minimum atomic E-state index is -1.16. The average molecular weight is 603 g/mol. The summed E-state index contributed by atoms with van der Waals surface area (Å²) in [4.78, 5) is 46.4. The summed E-state index contributed by atoms with van der Waals surface area (Å²) in [7, 11) is 3.49. The van der Waals surface area contributed by atoms with Crippen LogP contribution in [0.25, 0.3) is 0 Å². The number of ether oxygens (including phenoxy) is 2. The van der Waals surface area contributed by atoms with Crippen molar-refractivity contribution in [3.63, 3.8) is 0 Å². The first-order valence-electron chi connectivity index (χ1n) is 16.1. The Morgan fingerprint density at radius 1 is 0.548 bits per heavy atom. The Balaban J connectivity index is 0. The van der Waals surface area contributed by atoms with Crippen LogP contribution in [0, 0.1) is 0 Å². The zero-order valence-electron chi connectivity index (χ0n) is 27.4. The second-order valence-corrected chi connectivity index (χ2v) is 11.0. The maximum Gasteiger partial charge on any atom is 0.335 e. The molecule has 0 radical (unpaired) electrons. The summed E-state index contributed by atoms with van der Waals surface area (Å²) in [5, 5.41) is 25.0. The summed E-state index contributed by atoms with van der Waals surface area (Å²) in [6.45, 7) is 8.25. The molecule has 0 saturated carbocycles. The largest absolute Gasteiger partial charge is 0.452 e. The highest BCUT2D eigenvalue weighted by molar-refractivity contribution is 5.85. The maximum atomic E-state index is 11.7. The average Bonchev–Trinajstić information content (AvgIpc) is 2.96. The summed E-state index contributed by atoms with van der Waals surface area (Å²) < 4.78 is 10.3. The van der Waals surface area contributed by atoms with Gasteiger partial charge in [-0.2, -0.15) is 0 Å². The molecular weight excluding hydrogens is 540 g/mol. The first-order chi connectivity index (χ1) is 20.0. The molecule has 0 rings (SSSR count). The van der Waals surface area contributed by atoms with Crippen molar-refractivity contribution in [1.82, 2.24) is 10.6 Å². The van der Waals surface area contributed by atoms with Crippen molar-refractivity contribution in [1.29, 1.82) is 0 Å². The molecule has 0 spiro atoms. The molecule has 0 aromatic rings. The summed E-state index contributed by atoms with van der Waals surface area (Å²) >= 11 is 0. The predicted octanol–water partition coefficient (Wildman–Crippen LogP) is 4.42. The van der Waals surface area contributed by atoms with Crippen molar-refractivity contribution in [2.24, 2.45) is 0 Å². The molecule has 4 N–H and O–H groups in total. The van der Waals surface area contributed by atoms with Crippen molar-refractivity contribution >= 4 is 23.5 Å². The van der Waals surface area contributed by atoms with E-state index in [4.69, 9.17) is 9.47 Å². The van der Waals surface area contributed by atoms with Gasteiger partial charge in [0.05, 0.1) is 0 Å². The van der Waals surface area contributed by atoms with Gasteiger partial charge in [-0.1, -0.05) is 78.1 Å². The third kappa shape index (κ3) is 24.7. The van der Waals surface area contributed by atoms with Gasteiger partial charge in [0, 0.05) is 0 Å². The molecule has 0 aromatic carbocycles. The Hall–Kier alpha value is -1.88. The topological polar surface area (TPSA) is 151 Å². The van der Waals surface area contributed by atoms with Crippen LogP contribution in [0.2, 0.25) is 0 Å². The van der Waals surface area contributed by atoms with Crippen LogP contribution < -0.4 is 10.6 Å². The number of Topliss-reactive ketones (excluding diaryl/α,β-unsaturated/α-hetero) is 2. The molecule has 0 fully saturated rings. The highest BCUT2D eigenvalue weighted by Crippen LogP contribution is 2.14. The number of ketones is 2. The number of unbranched alkanes of at least 4 members (excludes halogenated alkanes) is 10. The predicted molar refractivity (Wildman–Crippen MR) is 166 cm³/mol. The fourth-order valence-electron chi connectivity index (χ4n) is 4.15. The summed E-state index contributed by atoms with van der Waals surface area (Å²) in [6, 6.07) is 0. The van der Waals surface area contributed by atoms with Crippen LogP contribution in [0.1, 0.15) is 130 Å². The fourth-order valence-corrected chi connectivity index (χ4v) is 4.15. The van der Waals surface area contributed by atoms with Crippen LogP contribution in [0.5, 0.6) is 0 Å². The van der Waals surface area contributed by atoms with Crippen molar-refractivity contribution in [3.05, 3.63) is 0 Å². The van der Waals surface area contributed by atoms with E-state index < -0.39 is 36.4 Å². The fraction of sp³-hybridized carbons (Fsp3) is 0.875. The maximum absolute atomic E-state index is 11.7. The van der Waals surface area contributed by atoms with Crippen LogP contribution in [-0.4, -0.2) is 85.3 Å². The van der Waals surface area contributed by atoms with Gasteiger partial charge < -0.3 is 30.3 Å². The third-order valence-corrected chi connectivity index (χ3v) is 6.94. The number of hydrogen-bond acceptors (Lipinski definition) is 10. The van der Waals surface area contributed by atoms with E-state index in [-0.39, 0.29) is 24.4 Å². The molecule has 0 bridgehead atoms. The van der Waals surface area contributed by atoms with Gasteiger partial charge in [-0.05, 0) is 79.6 Å². The molecule has 0 unspecified atom stereocenters. The van der Waals surface area contributed by atoms with Gasteiger partial charge in [0.2, 0.25) is 0 Å². The molecule has 10 nitrogen and oxygen atoms in total. The molecular formula is C32H62N2O8. The second kappa shape index (κ2) is 29.2. The van der Waals surface area contributed by atoms with Crippen LogP contribution in [0.15, 0.2) is 0 Å². The molecule has 0 aromatic heterocycles. The SMILES string of the molecule is CCCCCCCC[C@H](OC(=O)[C@@H](O)CCNC)C(C)=O.CCCCCCCC[C@H](OC(=O)[C@@H](O)CCNC)C(C)=O. The first kappa shape index (κ1) is 42.3. The molecule has 0 aliphatic rings. The zero-order chi connectivity index (χ0) is 32.2. The smallest absolute Gasteiger partial charge is 0.335 e.